The molecule has 0 radical (unpaired) electrons. The van der Waals surface area contributed by atoms with Crippen LogP contribution in [0.2, 0.25) is 0 Å². The normalized spacial score (nSPS) is 12.3. The molecule has 0 aliphatic heterocycles. The molecule has 0 aliphatic rings. The highest BCUT2D eigenvalue weighted by Crippen LogP contribution is 2.37. The Morgan fingerprint density at radius 2 is 1.90 bits per heavy atom. The minimum absolute atomic E-state index is 0.252. The van der Waals surface area contributed by atoms with E-state index in [1.54, 1.807) is 18.4 Å². The van der Waals surface area contributed by atoms with Gasteiger partial charge in [0.25, 0.3) is 0 Å². The van der Waals surface area contributed by atoms with Crippen LogP contribution in [0.3, 0.4) is 0 Å². The van der Waals surface area contributed by atoms with Crippen molar-refractivity contribution < 1.29 is 9.47 Å². The van der Waals surface area contributed by atoms with Gasteiger partial charge in [-0.25, -0.2) is 4.98 Å². The lowest BCUT2D eigenvalue weighted by Gasteiger charge is -2.29. The van der Waals surface area contributed by atoms with Crippen molar-refractivity contribution in [3.05, 3.63) is 15.6 Å². The van der Waals surface area contributed by atoms with E-state index in [1.165, 1.54) is 4.88 Å². The zero-order valence-electron chi connectivity index (χ0n) is 14.3. The second kappa shape index (κ2) is 8.83. The van der Waals surface area contributed by atoms with Gasteiger partial charge in [0.05, 0.1) is 12.3 Å². The molecule has 0 aliphatic carbocycles. The van der Waals surface area contributed by atoms with Gasteiger partial charge in [-0.05, 0) is 19.8 Å². The van der Waals surface area contributed by atoms with Gasteiger partial charge in [0, 0.05) is 31.2 Å². The first-order valence-corrected chi connectivity index (χ1v) is 8.69. The van der Waals surface area contributed by atoms with E-state index >= 15 is 0 Å². The fourth-order valence-electron chi connectivity index (χ4n) is 2.36. The van der Waals surface area contributed by atoms with Crippen LogP contribution in [0, 0.1) is 0 Å². The van der Waals surface area contributed by atoms with Crippen molar-refractivity contribution in [3.63, 3.8) is 0 Å². The molecule has 0 amide bonds. The zero-order valence-corrected chi connectivity index (χ0v) is 15.1. The van der Waals surface area contributed by atoms with Crippen molar-refractivity contribution in [1.29, 1.82) is 0 Å². The second-order valence-electron chi connectivity index (χ2n) is 5.49. The van der Waals surface area contributed by atoms with Gasteiger partial charge < -0.3 is 14.8 Å². The number of rotatable bonds is 10. The quantitative estimate of drug-likeness (QED) is 0.712. The van der Waals surface area contributed by atoms with Crippen LogP contribution in [0.4, 0.5) is 0 Å². The minimum Gasteiger partial charge on any atom is -0.378 e. The van der Waals surface area contributed by atoms with Crippen molar-refractivity contribution in [2.75, 3.05) is 13.7 Å². The smallest absolute Gasteiger partial charge is 0.125 e. The summed E-state index contributed by atoms with van der Waals surface area (Å²) in [5.41, 5.74) is 0.787. The number of aromatic nitrogens is 1. The monoisotopic (exact) mass is 314 g/mol. The molecule has 0 unspecified atom stereocenters. The highest BCUT2D eigenvalue weighted by molar-refractivity contribution is 7.11. The standard InChI is InChI=1S/C16H30N2O2S/c1-7-16(8-2,20-9-3)15-18-13(11-19-6)14(21-15)10-17-12(4)5/h12,17H,7-11H2,1-6H3. The number of hydrogen-bond donors (Lipinski definition) is 1. The van der Waals surface area contributed by atoms with E-state index in [0.29, 0.717) is 19.3 Å². The lowest BCUT2D eigenvalue weighted by Crippen LogP contribution is -2.28. The molecule has 4 nitrogen and oxygen atoms in total. The van der Waals surface area contributed by atoms with Crippen molar-refractivity contribution in [2.45, 2.75) is 72.3 Å². The number of ether oxygens (including phenoxy) is 2. The first-order chi connectivity index (χ1) is 10.0. The fourth-order valence-corrected chi connectivity index (χ4v) is 3.66. The van der Waals surface area contributed by atoms with Gasteiger partial charge >= 0.3 is 0 Å². The Morgan fingerprint density at radius 1 is 1.24 bits per heavy atom. The topological polar surface area (TPSA) is 43.4 Å². The number of hydrogen-bond acceptors (Lipinski definition) is 5. The largest absolute Gasteiger partial charge is 0.378 e. The fraction of sp³-hybridized carbons (Fsp3) is 0.812. The van der Waals surface area contributed by atoms with E-state index in [4.69, 9.17) is 14.5 Å². The molecule has 1 rings (SSSR count). The summed E-state index contributed by atoms with van der Waals surface area (Å²) >= 11 is 1.76. The molecule has 1 N–H and O–H groups in total. The Balaban J connectivity index is 3.08. The first kappa shape index (κ1) is 18.6. The molecule has 0 bridgehead atoms. The minimum atomic E-state index is -0.252. The van der Waals surface area contributed by atoms with Crippen LogP contribution in [0.25, 0.3) is 0 Å². The predicted molar refractivity (Wildman–Crippen MR) is 88.7 cm³/mol. The molecule has 0 spiro atoms. The highest BCUT2D eigenvalue weighted by atomic mass is 32.1. The van der Waals surface area contributed by atoms with Crippen LogP contribution in [-0.4, -0.2) is 24.7 Å². The predicted octanol–water partition coefficient (Wildman–Crippen LogP) is 3.84. The van der Waals surface area contributed by atoms with Gasteiger partial charge in [-0.15, -0.1) is 11.3 Å². The molecule has 5 heteroatoms. The summed E-state index contributed by atoms with van der Waals surface area (Å²) < 4.78 is 11.4. The Hall–Kier alpha value is -0.490. The SMILES string of the molecule is CCOC(CC)(CC)c1nc(COC)c(CNC(C)C)s1. The third-order valence-electron chi connectivity index (χ3n) is 3.68. The van der Waals surface area contributed by atoms with Crippen LogP contribution in [0.5, 0.6) is 0 Å². The molecule has 0 aromatic carbocycles. The van der Waals surface area contributed by atoms with E-state index in [9.17, 15) is 0 Å². The van der Waals surface area contributed by atoms with Crippen molar-refractivity contribution in [3.8, 4) is 0 Å². The van der Waals surface area contributed by atoms with Gasteiger partial charge in [-0.3, -0.25) is 0 Å². The Kier molecular flexibility index (Phi) is 7.81. The van der Waals surface area contributed by atoms with Crippen LogP contribution < -0.4 is 5.32 Å². The Bertz CT molecular complexity index is 414. The number of nitrogens with zero attached hydrogens (tertiary/aromatic N) is 1. The summed E-state index contributed by atoms with van der Waals surface area (Å²) in [5, 5.41) is 4.55. The van der Waals surface area contributed by atoms with Crippen LogP contribution >= 0.6 is 11.3 Å². The maximum atomic E-state index is 6.07. The highest BCUT2D eigenvalue weighted by Gasteiger charge is 2.33. The van der Waals surface area contributed by atoms with Crippen molar-refractivity contribution in [2.24, 2.45) is 0 Å². The molecule has 1 heterocycles. The van der Waals surface area contributed by atoms with E-state index in [2.05, 4.69) is 33.0 Å². The maximum Gasteiger partial charge on any atom is 0.125 e. The molecule has 122 valence electrons. The Morgan fingerprint density at radius 3 is 2.38 bits per heavy atom. The summed E-state index contributed by atoms with van der Waals surface area (Å²) in [6.07, 6.45) is 1.88. The third kappa shape index (κ3) is 4.74. The third-order valence-corrected chi connectivity index (χ3v) is 4.97. The van der Waals surface area contributed by atoms with E-state index < -0.39 is 0 Å². The first-order valence-electron chi connectivity index (χ1n) is 7.88. The number of nitrogens with one attached hydrogen (secondary N) is 1. The van der Waals surface area contributed by atoms with Gasteiger partial charge in [0.2, 0.25) is 0 Å². The average molecular weight is 314 g/mol. The summed E-state index contributed by atoms with van der Waals surface area (Å²) in [6.45, 7) is 12.8. The van der Waals surface area contributed by atoms with Gasteiger partial charge in [-0.1, -0.05) is 27.7 Å². The maximum absolute atomic E-state index is 6.07. The molecule has 21 heavy (non-hydrogen) atoms. The second-order valence-corrected chi connectivity index (χ2v) is 6.58. The zero-order chi connectivity index (χ0) is 15.9. The van der Waals surface area contributed by atoms with Crippen LogP contribution in [0.15, 0.2) is 0 Å². The lowest BCUT2D eigenvalue weighted by molar-refractivity contribution is -0.0508. The van der Waals surface area contributed by atoms with Gasteiger partial charge in [-0.2, -0.15) is 0 Å². The average Bonchev–Trinajstić information content (AvgIpc) is 2.86. The summed E-state index contributed by atoms with van der Waals surface area (Å²) in [4.78, 5) is 6.10. The molecule has 1 aromatic rings. The molecule has 1 aromatic heterocycles. The van der Waals surface area contributed by atoms with Gasteiger partial charge in [0.15, 0.2) is 0 Å². The summed E-state index contributed by atoms with van der Waals surface area (Å²) in [5.74, 6) is 0. The molecular weight excluding hydrogens is 284 g/mol. The van der Waals surface area contributed by atoms with Crippen molar-refractivity contribution >= 4 is 11.3 Å². The summed E-state index contributed by atoms with van der Waals surface area (Å²) in [7, 11) is 1.72. The molecule has 0 saturated heterocycles. The molecule has 0 atom stereocenters. The summed E-state index contributed by atoms with van der Waals surface area (Å²) in [6, 6.07) is 0.458. The number of methoxy groups -OCH3 is 1. The Labute approximate surface area is 133 Å². The van der Waals surface area contributed by atoms with E-state index in [0.717, 1.165) is 30.1 Å². The van der Waals surface area contributed by atoms with Gasteiger partial charge in [0.1, 0.15) is 10.6 Å². The van der Waals surface area contributed by atoms with Crippen LogP contribution in [-0.2, 0) is 28.2 Å². The number of thiazole rings is 1. The lowest BCUT2D eigenvalue weighted by atomic mass is 9.98. The molecular formula is C16H30N2O2S. The molecule has 0 saturated carbocycles. The van der Waals surface area contributed by atoms with E-state index in [-0.39, 0.29) is 5.60 Å². The molecule has 0 fully saturated rings. The van der Waals surface area contributed by atoms with Crippen molar-refractivity contribution in [1.82, 2.24) is 10.3 Å². The van der Waals surface area contributed by atoms with Crippen LogP contribution in [0.1, 0.15) is 63.0 Å². The van der Waals surface area contributed by atoms with E-state index in [1.807, 2.05) is 6.92 Å².